The first kappa shape index (κ1) is 7.99. The Kier molecular flexibility index (Phi) is 2.09. The van der Waals surface area contributed by atoms with Crippen molar-refractivity contribution in [3.63, 3.8) is 0 Å². The monoisotopic (exact) mass is 174 g/mol. The summed E-state index contributed by atoms with van der Waals surface area (Å²) in [6, 6.07) is 3.65. The molecule has 4 heteroatoms. The summed E-state index contributed by atoms with van der Waals surface area (Å²) in [5, 5.41) is 11.8. The summed E-state index contributed by atoms with van der Waals surface area (Å²) in [5.41, 5.74) is 0.410. The lowest BCUT2D eigenvalue weighted by Gasteiger charge is -2.02. The van der Waals surface area contributed by atoms with E-state index in [-0.39, 0.29) is 0 Å². The zero-order valence-corrected chi connectivity index (χ0v) is 7.20. The quantitative estimate of drug-likeness (QED) is 0.747. The van der Waals surface area contributed by atoms with E-state index in [1.54, 1.807) is 6.07 Å². The lowest BCUT2D eigenvalue weighted by atomic mass is 10.4. The fourth-order valence-electron chi connectivity index (χ4n) is 1.09. The molecule has 0 bridgehead atoms. The summed E-state index contributed by atoms with van der Waals surface area (Å²) >= 11 is 0. The highest BCUT2D eigenvalue weighted by Gasteiger charge is 2.20. The molecule has 0 atom stereocenters. The van der Waals surface area contributed by atoms with E-state index in [0.29, 0.717) is 5.69 Å². The maximum absolute atomic E-state index is 8.58. The van der Waals surface area contributed by atoms with Crippen LogP contribution in [0.15, 0.2) is 12.4 Å². The Hall–Kier alpha value is -1.63. The van der Waals surface area contributed by atoms with E-state index in [0.717, 1.165) is 18.3 Å². The van der Waals surface area contributed by atoms with Crippen LogP contribution in [0.3, 0.4) is 0 Å². The Balaban J connectivity index is 1.98. The molecule has 0 aromatic carbocycles. The van der Waals surface area contributed by atoms with Crippen molar-refractivity contribution in [1.29, 1.82) is 5.26 Å². The number of rotatable bonds is 3. The van der Waals surface area contributed by atoms with E-state index in [9.17, 15) is 0 Å². The van der Waals surface area contributed by atoms with Crippen molar-refractivity contribution in [2.75, 3.05) is 11.9 Å². The van der Waals surface area contributed by atoms with E-state index < -0.39 is 0 Å². The van der Waals surface area contributed by atoms with Crippen LogP contribution in [0.25, 0.3) is 0 Å². The normalized spacial score (nSPS) is 15.0. The Bertz CT molecular complexity index is 338. The van der Waals surface area contributed by atoms with Crippen molar-refractivity contribution in [3.05, 3.63) is 18.1 Å². The first-order chi connectivity index (χ1) is 6.38. The molecule has 0 saturated heterocycles. The molecule has 0 amide bonds. The van der Waals surface area contributed by atoms with Crippen molar-refractivity contribution in [2.45, 2.75) is 12.8 Å². The third-order valence-corrected chi connectivity index (χ3v) is 2.05. The van der Waals surface area contributed by atoms with E-state index >= 15 is 0 Å². The number of nitrogens with one attached hydrogen (secondary N) is 1. The van der Waals surface area contributed by atoms with Crippen molar-refractivity contribution in [2.24, 2.45) is 5.92 Å². The summed E-state index contributed by atoms with van der Waals surface area (Å²) < 4.78 is 0. The SMILES string of the molecule is N#Cc1cc(NCC2CC2)ncn1. The Morgan fingerprint density at radius 2 is 2.38 bits per heavy atom. The molecule has 2 rings (SSSR count). The first-order valence-corrected chi connectivity index (χ1v) is 4.34. The van der Waals surface area contributed by atoms with E-state index in [1.165, 1.54) is 19.2 Å². The number of nitrogens with zero attached hydrogens (tertiary/aromatic N) is 3. The van der Waals surface area contributed by atoms with Gasteiger partial charge >= 0.3 is 0 Å². The van der Waals surface area contributed by atoms with Gasteiger partial charge in [0.15, 0.2) is 0 Å². The minimum atomic E-state index is 0.410. The van der Waals surface area contributed by atoms with Gasteiger partial charge in [0.1, 0.15) is 23.9 Å². The third kappa shape index (κ3) is 2.15. The fourth-order valence-corrected chi connectivity index (χ4v) is 1.09. The smallest absolute Gasteiger partial charge is 0.145 e. The highest BCUT2D eigenvalue weighted by molar-refractivity contribution is 5.38. The van der Waals surface area contributed by atoms with Gasteiger partial charge in [0.25, 0.3) is 0 Å². The van der Waals surface area contributed by atoms with Gasteiger partial charge in [-0.2, -0.15) is 5.26 Å². The average molecular weight is 174 g/mol. The second-order valence-electron chi connectivity index (χ2n) is 3.22. The predicted molar refractivity (Wildman–Crippen MR) is 48.0 cm³/mol. The molecule has 1 aromatic heterocycles. The maximum Gasteiger partial charge on any atom is 0.145 e. The summed E-state index contributed by atoms with van der Waals surface area (Å²) in [5.74, 6) is 1.55. The van der Waals surface area contributed by atoms with Gasteiger partial charge in [-0.25, -0.2) is 9.97 Å². The van der Waals surface area contributed by atoms with Gasteiger partial charge < -0.3 is 5.32 Å². The molecular formula is C9H10N4. The summed E-state index contributed by atoms with van der Waals surface area (Å²) in [4.78, 5) is 7.80. The minimum absolute atomic E-state index is 0.410. The molecule has 1 fully saturated rings. The molecule has 1 aromatic rings. The highest BCUT2D eigenvalue weighted by Crippen LogP contribution is 2.28. The van der Waals surface area contributed by atoms with E-state index in [4.69, 9.17) is 5.26 Å². The molecular weight excluding hydrogens is 164 g/mol. The number of aromatic nitrogens is 2. The molecule has 4 nitrogen and oxygen atoms in total. The summed E-state index contributed by atoms with van der Waals surface area (Å²) in [7, 11) is 0. The number of anilines is 1. The van der Waals surface area contributed by atoms with Gasteiger partial charge in [0, 0.05) is 12.6 Å². The molecule has 0 unspecified atom stereocenters. The number of hydrogen-bond acceptors (Lipinski definition) is 4. The topological polar surface area (TPSA) is 61.6 Å². The Morgan fingerprint density at radius 3 is 3.08 bits per heavy atom. The van der Waals surface area contributed by atoms with Gasteiger partial charge in [-0.05, 0) is 18.8 Å². The van der Waals surface area contributed by atoms with E-state index in [1.807, 2.05) is 6.07 Å². The molecule has 0 aliphatic heterocycles. The van der Waals surface area contributed by atoms with Crippen LogP contribution in [0.5, 0.6) is 0 Å². The molecule has 1 aliphatic rings. The van der Waals surface area contributed by atoms with Gasteiger partial charge in [0.05, 0.1) is 0 Å². The zero-order valence-electron chi connectivity index (χ0n) is 7.20. The standard InChI is InChI=1S/C9H10N4/c10-4-8-3-9(13-6-12-8)11-5-7-1-2-7/h3,6-7H,1-2,5H2,(H,11,12,13). The molecule has 1 aliphatic carbocycles. The fraction of sp³-hybridized carbons (Fsp3) is 0.444. The number of hydrogen-bond donors (Lipinski definition) is 1. The highest BCUT2D eigenvalue weighted by atomic mass is 15.0. The lowest BCUT2D eigenvalue weighted by molar-refractivity contribution is 0.880. The second kappa shape index (κ2) is 3.40. The van der Waals surface area contributed by atoms with E-state index in [2.05, 4.69) is 15.3 Å². The Labute approximate surface area is 76.6 Å². The van der Waals surface area contributed by atoms with Crippen LogP contribution in [0.4, 0.5) is 5.82 Å². The van der Waals surface area contributed by atoms with Crippen LogP contribution in [0.2, 0.25) is 0 Å². The third-order valence-electron chi connectivity index (χ3n) is 2.05. The zero-order chi connectivity index (χ0) is 9.10. The van der Waals surface area contributed by atoms with Gasteiger partial charge in [-0.15, -0.1) is 0 Å². The van der Waals surface area contributed by atoms with Crippen LogP contribution in [0.1, 0.15) is 18.5 Å². The largest absolute Gasteiger partial charge is 0.370 e. The van der Waals surface area contributed by atoms with Crippen LogP contribution < -0.4 is 5.32 Å². The van der Waals surface area contributed by atoms with Crippen LogP contribution in [0, 0.1) is 17.2 Å². The lowest BCUT2D eigenvalue weighted by Crippen LogP contribution is -2.05. The van der Waals surface area contributed by atoms with Crippen LogP contribution in [-0.4, -0.2) is 16.5 Å². The van der Waals surface area contributed by atoms with Crippen molar-refractivity contribution >= 4 is 5.82 Å². The molecule has 0 spiro atoms. The minimum Gasteiger partial charge on any atom is -0.370 e. The maximum atomic E-state index is 8.58. The molecule has 1 N–H and O–H groups in total. The molecule has 66 valence electrons. The molecule has 1 heterocycles. The summed E-state index contributed by atoms with van der Waals surface area (Å²) in [6.45, 7) is 0.960. The van der Waals surface area contributed by atoms with Gasteiger partial charge in [-0.1, -0.05) is 0 Å². The number of nitriles is 1. The first-order valence-electron chi connectivity index (χ1n) is 4.34. The second-order valence-corrected chi connectivity index (χ2v) is 3.22. The average Bonchev–Trinajstić information content (AvgIpc) is 2.99. The van der Waals surface area contributed by atoms with Gasteiger partial charge in [-0.3, -0.25) is 0 Å². The Morgan fingerprint density at radius 1 is 1.54 bits per heavy atom. The van der Waals surface area contributed by atoms with Crippen LogP contribution in [-0.2, 0) is 0 Å². The van der Waals surface area contributed by atoms with Crippen LogP contribution >= 0.6 is 0 Å². The predicted octanol–water partition coefficient (Wildman–Crippen LogP) is 1.17. The van der Waals surface area contributed by atoms with Crippen molar-refractivity contribution in [3.8, 4) is 6.07 Å². The van der Waals surface area contributed by atoms with Crippen molar-refractivity contribution in [1.82, 2.24) is 9.97 Å². The van der Waals surface area contributed by atoms with Gasteiger partial charge in [0.2, 0.25) is 0 Å². The molecule has 0 radical (unpaired) electrons. The van der Waals surface area contributed by atoms with Crippen molar-refractivity contribution < 1.29 is 0 Å². The molecule has 1 saturated carbocycles. The summed E-state index contributed by atoms with van der Waals surface area (Å²) in [6.07, 6.45) is 4.03. The molecule has 13 heavy (non-hydrogen) atoms.